The highest BCUT2D eigenvalue weighted by molar-refractivity contribution is 6.07. The Morgan fingerprint density at radius 2 is 2.21 bits per heavy atom. The number of ketones is 1. The highest BCUT2D eigenvalue weighted by Gasteiger charge is 2.17. The standard InChI is InChI=1S/C13H12N4O2/c14-5-6-17-8-10(15-16-17)13(18)12-7-9-3-1-2-4-11(9)19-12/h1-4,7-8H,5-6,14H2. The smallest absolute Gasteiger partial charge is 0.250 e. The number of carbonyl (C=O) groups excluding carboxylic acids is 1. The van der Waals surface area contributed by atoms with Crippen molar-refractivity contribution in [1.29, 1.82) is 0 Å². The summed E-state index contributed by atoms with van der Waals surface area (Å²) < 4.78 is 7.04. The molecule has 6 heteroatoms. The number of benzene rings is 1. The molecule has 0 aliphatic carbocycles. The summed E-state index contributed by atoms with van der Waals surface area (Å²) in [5, 5.41) is 8.55. The number of para-hydroxylation sites is 1. The summed E-state index contributed by atoms with van der Waals surface area (Å²) >= 11 is 0. The second-order valence-electron chi connectivity index (χ2n) is 4.13. The van der Waals surface area contributed by atoms with E-state index in [0.29, 0.717) is 18.7 Å². The van der Waals surface area contributed by atoms with Crippen LogP contribution in [-0.2, 0) is 6.54 Å². The quantitative estimate of drug-likeness (QED) is 0.709. The molecule has 0 saturated carbocycles. The van der Waals surface area contributed by atoms with Crippen molar-refractivity contribution in [1.82, 2.24) is 15.0 Å². The number of aromatic nitrogens is 3. The van der Waals surface area contributed by atoms with Gasteiger partial charge in [0.25, 0.3) is 0 Å². The van der Waals surface area contributed by atoms with Gasteiger partial charge in [-0.3, -0.25) is 9.48 Å². The molecule has 0 fully saturated rings. The molecule has 0 aliphatic heterocycles. The van der Waals surface area contributed by atoms with Gasteiger partial charge >= 0.3 is 0 Å². The Hall–Kier alpha value is -2.47. The van der Waals surface area contributed by atoms with Crippen LogP contribution in [0.4, 0.5) is 0 Å². The van der Waals surface area contributed by atoms with Crippen LogP contribution in [0.5, 0.6) is 0 Å². The van der Waals surface area contributed by atoms with E-state index in [2.05, 4.69) is 10.3 Å². The summed E-state index contributed by atoms with van der Waals surface area (Å²) in [6, 6.07) is 9.17. The van der Waals surface area contributed by atoms with Gasteiger partial charge < -0.3 is 10.2 Å². The van der Waals surface area contributed by atoms with Crippen molar-refractivity contribution in [3.63, 3.8) is 0 Å². The predicted molar refractivity (Wildman–Crippen MR) is 68.7 cm³/mol. The van der Waals surface area contributed by atoms with Crippen LogP contribution < -0.4 is 5.73 Å². The summed E-state index contributed by atoms with van der Waals surface area (Å²) in [4.78, 5) is 12.2. The minimum absolute atomic E-state index is 0.257. The van der Waals surface area contributed by atoms with Gasteiger partial charge in [0.15, 0.2) is 11.5 Å². The number of rotatable bonds is 4. The van der Waals surface area contributed by atoms with Gasteiger partial charge in [-0.1, -0.05) is 23.4 Å². The number of nitrogens with zero attached hydrogens (tertiary/aromatic N) is 3. The molecule has 3 aromatic rings. The van der Waals surface area contributed by atoms with E-state index in [0.717, 1.165) is 5.39 Å². The molecule has 0 radical (unpaired) electrons. The Kier molecular flexibility index (Phi) is 2.85. The molecular formula is C13H12N4O2. The van der Waals surface area contributed by atoms with E-state index in [4.69, 9.17) is 10.2 Å². The molecule has 0 aliphatic rings. The predicted octanol–water partition coefficient (Wildman–Crippen LogP) is 1.21. The van der Waals surface area contributed by atoms with Crippen molar-refractivity contribution < 1.29 is 9.21 Å². The molecule has 6 nitrogen and oxygen atoms in total. The molecular weight excluding hydrogens is 244 g/mol. The number of furan rings is 1. The number of nitrogens with two attached hydrogens (primary N) is 1. The van der Waals surface area contributed by atoms with Crippen LogP contribution in [-0.4, -0.2) is 27.3 Å². The first-order valence-corrected chi connectivity index (χ1v) is 5.91. The zero-order chi connectivity index (χ0) is 13.2. The Balaban J connectivity index is 1.93. The summed E-state index contributed by atoms with van der Waals surface area (Å²) in [5.41, 5.74) is 6.35. The van der Waals surface area contributed by atoms with E-state index in [1.807, 2.05) is 24.3 Å². The lowest BCUT2D eigenvalue weighted by Gasteiger charge is -1.92. The third-order valence-electron chi connectivity index (χ3n) is 2.78. The Morgan fingerprint density at radius 1 is 1.37 bits per heavy atom. The van der Waals surface area contributed by atoms with Crippen molar-refractivity contribution in [2.24, 2.45) is 5.73 Å². The van der Waals surface area contributed by atoms with Crippen LogP contribution in [0.1, 0.15) is 16.2 Å². The molecule has 0 atom stereocenters. The summed E-state index contributed by atoms with van der Waals surface area (Å²) in [6.45, 7) is 0.974. The minimum Gasteiger partial charge on any atom is -0.453 e. The zero-order valence-electron chi connectivity index (χ0n) is 10.1. The van der Waals surface area contributed by atoms with Crippen molar-refractivity contribution in [2.75, 3.05) is 6.54 Å². The van der Waals surface area contributed by atoms with E-state index >= 15 is 0 Å². The molecule has 0 amide bonds. The van der Waals surface area contributed by atoms with Gasteiger partial charge in [0, 0.05) is 11.9 Å². The Morgan fingerprint density at radius 3 is 3.00 bits per heavy atom. The van der Waals surface area contributed by atoms with Crippen LogP contribution in [0.3, 0.4) is 0 Å². The molecule has 96 valence electrons. The lowest BCUT2D eigenvalue weighted by atomic mass is 10.2. The summed E-state index contributed by atoms with van der Waals surface area (Å²) in [7, 11) is 0. The van der Waals surface area contributed by atoms with Gasteiger partial charge in [0.1, 0.15) is 5.58 Å². The maximum absolute atomic E-state index is 12.2. The van der Waals surface area contributed by atoms with Gasteiger partial charge in [-0.25, -0.2) is 0 Å². The van der Waals surface area contributed by atoms with E-state index < -0.39 is 0 Å². The van der Waals surface area contributed by atoms with Crippen LogP contribution in [0.25, 0.3) is 11.0 Å². The summed E-state index contributed by atoms with van der Waals surface area (Å²) in [5.74, 6) is -0.0135. The van der Waals surface area contributed by atoms with E-state index in [9.17, 15) is 4.79 Å². The van der Waals surface area contributed by atoms with E-state index in [1.165, 1.54) is 4.68 Å². The normalized spacial score (nSPS) is 11.0. The fourth-order valence-corrected chi connectivity index (χ4v) is 1.86. The van der Waals surface area contributed by atoms with E-state index in [1.54, 1.807) is 12.3 Å². The van der Waals surface area contributed by atoms with Crippen molar-refractivity contribution in [3.8, 4) is 0 Å². The third-order valence-corrected chi connectivity index (χ3v) is 2.78. The fraction of sp³-hybridized carbons (Fsp3) is 0.154. The third kappa shape index (κ3) is 2.13. The van der Waals surface area contributed by atoms with Crippen molar-refractivity contribution >= 4 is 16.8 Å². The lowest BCUT2D eigenvalue weighted by molar-refractivity contribution is 0.101. The molecule has 0 spiro atoms. The number of carbonyl (C=O) groups is 1. The van der Waals surface area contributed by atoms with Crippen molar-refractivity contribution in [2.45, 2.75) is 6.54 Å². The molecule has 19 heavy (non-hydrogen) atoms. The molecule has 0 bridgehead atoms. The molecule has 2 aromatic heterocycles. The second-order valence-corrected chi connectivity index (χ2v) is 4.13. The van der Waals surface area contributed by atoms with Crippen LogP contribution in [0.15, 0.2) is 40.9 Å². The maximum Gasteiger partial charge on any atom is 0.250 e. The van der Waals surface area contributed by atoms with Gasteiger partial charge in [-0.05, 0) is 12.1 Å². The SMILES string of the molecule is NCCn1cc(C(=O)c2cc3ccccc3o2)nn1. The zero-order valence-corrected chi connectivity index (χ0v) is 10.1. The average molecular weight is 256 g/mol. The molecule has 0 saturated heterocycles. The molecule has 2 heterocycles. The minimum atomic E-state index is -0.278. The highest BCUT2D eigenvalue weighted by atomic mass is 16.3. The second kappa shape index (κ2) is 4.66. The topological polar surface area (TPSA) is 86.9 Å². The van der Waals surface area contributed by atoms with Crippen LogP contribution in [0, 0.1) is 0 Å². The Bertz CT molecular complexity index is 696. The molecule has 2 N–H and O–H groups in total. The first-order chi connectivity index (χ1) is 9.28. The number of fused-ring (bicyclic) bond motifs is 1. The first kappa shape index (κ1) is 11.6. The molecule has 3 rings (SSSR count). The maximum atomic E-state index is 12.2. The van der Waals surface area contributed by atoms with Gasteiger partial charge in [0.05, 0.1) is 12.7 Å². The first-order valence-electron chi connectivity index (χ1n) is 5.91. The number of hydrogen-bond donors (Lipinski definition) is 1. The largest absolute Gasteiger partial charge is 0.453 e. The van der Waals surface area contributed by atoms with E-state index in [-0.39, 0.29) is 17.2 Å². The molecule has 0 unspecified atom stereocenters. The van der Waals surface area contributed by atoms with Gasteiger partial charge in [-0.15, -0.1) is 5.10 Å². The fourth-order valence-electron chi connectivity index (χ4n) is 1.86. The van der Waals surface area contributed by atoms with Crippen molar-refractivity contribution in [3.05, 3.63) is 48.0 Å². The summed E-state index contributed by atoms with van der Waals surface area (Å²) in [6.07, 6.45) is 1.57. The van der Waals surface area contributed by atoms with Gasteiger partial charge in [-0.2, -0.15) is 0 Å². The number of hydrogen-bond acceptors (Lipinski definition) is 5. The highest BCUT2D eigenvalue weighted by Crippen LogP contribution is 2.20. The monoisotopic (exact) mass is 256 g/mol. The Labute approximate surface area is 108 Å². The van der Waals surface area contributed by atoms with Crippen LogP contribution in [0.2, 0.25) is 0 Å². The van der Waals surface area contributed by atoms with Crippen LogP contribution >= 0.6 is 0 Å². The lowest BCUT2D eigenvalue weighted by Crippen LogP contribution is -2.10. The molecule has 1 aromatic carbocycles. The van der Waals surface area contributed by atoms with Gasteiger partial charge in [0.2, 0.25) is 5.78 Å². The average Bonchev–Trinajstić information content (AvgIpc) is 3.04.